The molecule has 34 heavy (non-hydrogen) atoms. The summed E-state index contributed by atoms with van der Waals surface area (Å²) in [6, 6.07) is 17.3. The van der Waals surface area contributed by atoms with Gasteiger partial charge in [-0.3, -0.25) is 9.79 Å². The first-order valence-corrected chi connectivity index (χ1v) is 12.0. The summed E-state index contributed by atoms with van der Waals surface area (Å²) in [5, 5.41) is 0. The van der Waals surface area contributed by atoms with Crippen molar-refractivity contribution >= 4 is 17.5 Å². The molecule has 0 radical (unpaired) electrons. The van der Waals surface area contributed by atoms with E-state index < -0.39 is 17.8 Å². The minimum absolute atomic E-state index is 0.117. The molecule has 2 aliphatic rings. The Balaban J connectivity index is 1.77. The number of ketones is 1. The number of esters is 1. The van der Waals surface area contributed by atoms with E-state index >= 15 is 0 Å². The molecule has 1 fully saturated rings. The van der Waals surface area contributed by atoms with Gasteiger partial charge in [-0.15, -0.1) is 0 Å². The molecule has 0 amide bonds. The number of Topliss-reactive ketones (excluding diaryl/α,β-unsaturated/α-hetero) is 1. The van der Waals surface area contributed by atoms with Gasteiger partial charge in [-0.25, -0.2) is 4.79 Å². The van der Waals surface area contributed by atoms with Crippen molar-refractivity contribution in [1.29, 1.82) is 0 Å². The van der Waals surface area contributed by atoms with Crippen LogP contribution in [-0.2, 0) is 20.9 Å². The number of rotatable bonds is 7. The van der Waals surface area contributed by atoms with Crippen molar-refractivity contribution in [3.8, 4) is 5.75 Å². The molecule has 1 aliphatic carbocycles. The van der Waals surface area contributed by atoms with Crippen LogP contribution in [0.5, 0.6) is 5.75 Å². The molecule has 5 heteroatoms. The largest absolute Gasteiger partial charge is 0.493 e. The molecule has 0 saturated heterocycles. The van der Waals surface area contributed by atoms with Crippen LogP contribution in [0.15, 0.2) is 70.9 Å². The van der Waals surface area contributed by atoms with Gasteiger partial charge in [0.15, 0.2) is 0 Å². The highest BCUT2D eigenvalue weighted by Gasteiger charge is 2.48. The fraction of sp³-hybridized carbons (Fsp3) is 0.414. The lowest BCUT2D eigenvalue weighted by molar-refractivity contribution is -0.140. The number of nitrogens with zero attached hydrogens (tertiary/aromatic N) is 1. The number of carbonyl (C=O) groups is 2. The summed E-state index contributed by atoms with van der Waals surface area (Å²) in [4.78, 5) is 31.8. The predicted octanol–water partition coefficient (Wildman–Crippen LogP) is 6.04. The number of ether oxygens (including phenoxy) is 2. The summed E-state index contributed by atoms with van der Waals surface area (Å²) in [5.74, 6) is -0.576. The number of benzene rings is 2. The van der Waals surface area contributed by atoms with Gasteiger partial charge in [0, 0.05) is 29.3 Å². The molecule has 1 aliphatic heterocycles. The molecule has 5 nitrogen and oxygen atoms in total. The van der Waals surface area contributed by atoms with E-state index in [4.69, 9.17) is 14.5 Å². The second-order valence-corrected chi connectivity index (χ2v) is 9.99. The average Bonchev–Trinajstić information content (AvgIpc) is 2.80. The van der Waals surface area contributed by atoms with Crippen molar-refractivity contribution in [3.63, 3.8) is 0 Å². The van der Waals surface area contributed by atoms with Crippen molar-refractivity contribution in [3.05, 3.63) is 77.0 Å². The maximum absolute atomic E-state index is 13.5. The van der Waals surface area contributed by atoms with E-state index in [2.05, 4.69) is 20.8 Å². The van der Waals surface area contributed by atoms with E-state index in [1.165, 1.54) is 0 Å². The molecule has 2 aromatic rings. The zero-order valence-corrected chi connectivity index (χ0v) is 20.5. The summed E-state index contributed by atoms with van der Waals surface area (Å²) in [5.41, 5.74) is 3.52. The van der Waals surface area contributed by atoms with Crippen molar-refractivity contribution in [1.82, 2.24) is 0 Å². The Morgan fingerprint density at radius 3 is 2.47 bits per heavy atom. The molecular formula is C29H33NO4. The fourth-order valence-electron chi connectivity index (χ4n) is 5.08. The minimum atomic E-state index is -0.484. The SMILES string of the molecule is CCCOc1ccccc1[C@@H]1C(C(=O)OCc2ccccc2)=C(C)N=C2CC(C)(C)CC(=O)C21. The summed E-state index contributed by atoms with van der Waals surface area (Å²) >= 11 is 0. The monoisotopic (exact) mass is 459 g/mol. The van der Waals surface area contributed by atoms with Crippen molar-refractivity contribution in [2.45, 2.75) is 59.5 Å². The number of hydrogen-bond donors (Lipinski definition) is 0. The van der Waals surface area contributed by atoms with Crippen molar-refractivity contribution in [2.24, 2.45) is 16.3 Å². The van der Waals surface area contributed by atoms with Crippen LogP contribution < -0.4 is 4.74 Å². The maximum atomic E-state index is 13.5. The van der Waals surface area contributed by atoms with E-state index in [1.54, 1.807) is 0 Å². The van der Waals surface area contributed by atoms with Crippen LogP contribution in [0.4, 0.5) is 0 Å². The lowest BCUT2D eigenvalue weighted by Crippen LogP contribution is -2.44. The molecule has 0 aromatic heterocycles. The van der Waals surface area contributed by atoms with Crippen LogP contribution in [0.1, 0.15) is 64.0 Å². The topological polar surface area (TPSA) is 65.0 Å². The highest BCUT2D eigenvalue weighted by molar-refractivity contribution is 6.12. The Morgan fingerprint density at radius 2 is 1.74 bits per heavy atom. The quantitative estimate of drug-likeness (QED) is 0.474. The smallest absolute Gasteiger partial charge is 0.336 e. The number of aliphatic imine (C=N–C) groups is 1. The third kappa shape index (κ3) is 4.98. The Kier molecular flexibility index (Phi) is 7.01. The van der Waals surface area contributed by atoms with E-state index in [0.29, 0.717) is 30.0 Å². The van der Waals surface area contributed by atoms with Gasteiger partial charge in [-0.05, 0) is 36.8 Å². The lowest BCUT2D eigenvalue weighted by atomic mass is 9.63. The molecule has 178 valence electrons. The number of hydrogen-bond acceptors (Lipinski definition) is 5. The average molecular weight is 460 g/mol. The molecule has 2 aromatic carbocycles. The Labute approximate surface area is 201 Å². The van der Waals surface area contributed by atoms with Crippen molar-refractivity contribution < 1.29 is 19.1 Å². The minimum Gasteiger partial charge on any atom is -0.493 e. The molecule has 0 N–H and O–H groups in total. The van der Waals surface area contributed by atoms with Crippen LogP contribution in [0.3, 0.4) is 0 Å². The fourth-order valence-corrected chi connectivity index (χ4v) is 5.08. The highest BCUT2D eigenvalue weighted by atomic mass is 16.5. The molecule has 1 saturated carbocycles. The van der Waals surface area contributed by atoms with Gasteiger partial charge in [0.05, 0.1) is 18.1 Å². The summed E-state index contributed by atoms with van der Waals surface area (Å²) in [6.45, 7) is 8.82. The molecule has 2 atom stereocenters. The Bertz CT molecular complexity index is 1130. The van der Waals surface area contributed by atoms with Gasteiger partial charge in [0.25, 0.3) is 0 Å². The summed E-state index contributed by atoms with van der Waals surface area (Å²) in [6.07, 6.45) is 2.04. The molecular weight excluding hydrogens is 426 g/mol. The van der Waals surface area contributed by atoms with Crippen molar-refractivity contribution in [2.75, 3.05) is 6.61 Å². The van der Waals surface area contributed by atoms with Gasteiger partial charge in [0.1, 0.15) is 18.1 Å². The number of carbonyl (C=O) groups excluding carboxylic acids is 2. The molecule has 0 bridgehead atoms. The van der Waals surface area contributed by atoms with Crippen LogP contribution >= 0.6 is 0 Å². The van der Waals surface area contributed by atoms with E-state index in [1.807, 2.05) is 61.5 Å². The number of fused-ring (bicyclic) bond motifs is 1. The summed E-state index contributed by atoms with van der Waals surface area (Å²) in [7, 11) is 0. The van der Waals surface area contributed by atoms with Gasteiger partial charge in [-0.1, -0.05) is 69.3 Å². The van der Waals surface area contributed by atoms with Gasteiger partial charge < -0.3 is 9.47 Å². The van der Waals surface area contributed by atoms with Crippen LogP contribution in [0.25, 0.3) is 0 Å². The summed E-state index contributed by atoms with van der Waals surface area (Å²) < 4.78 is 11.8. The lowest BCUT2D eigenvalue weighted by Gasteiger charge is -2.41. The number of allylic oxidation sites excluding steroid dienone is 1. The number of para-hydroxylation sites is 1. The van der Waals surface area contributed by atoms with Crippen LogP contribution in [0, 0.1) is 11.3 Å². The normalized spacial score (nSPS) is 21.5. The first-order chi connectivity index (χ1) is 16.3. The standard InChI is InChI=1S/C29H33NO4/c1-5-15-33-24-14-10-9-13-21(24)26-25(28(32)34-18-20-11-7-6-8-12-20)19(2)30-22-16-29(3,4)17-23(31)27(22)26/h6-14,26-27H,5,15-18H2,1-4H3/t26-,27?/m1/s1. The zero-order valence-electron chi connectivity index (χ0n) is 20.5. The molecule has 0 spiro atoms. The first kappa shape index (κ1) is 23.9. The van der Waals surface area contributed by atoms with Crippen LogP contribution in [-0.4, -0.2) is 24.1 Å². The second kappa shape index (κ2) is 9.96. The molecule has 1 unspecified atom stereocenters. The van der Waals surface area contributed by atoms with E-state index in [0.717, 1.165) is 29.7 Å². The Morgan fingerprint density at radius 1 is 1.03 bits per heavy atom. The van der Waals surface area contributed by atoms with Gasteiger partial charge in [-0.2, -0.15) is 0 Å². The molecule has 1 heterocycles. The Hall–Kier alpha value is -3.21. The van der Waals surface area contributed by atoms with Gasteiger partial charge in [0.2, 0.25) is 0 Å². The zero-order chi connectivity index (χ0) is 24.3. The second-order valence-electron chi connectivity index (χ2n) is 9.99. The van der Waals surface area contributed by atoms with E-state index in [-0.39, 0.29) is 17.8 Å². The molecule has 4 rings (SSSR count). The van der Waals surface area contributed by atoms with Crippen LogP contribution in [0.2, 0.25) is 0 Å². The third-order valence-corrected chi connectivity index (χ3v) is 6.51. The predicted molar refractivity (Wildman–Crippen MR) is 133 cm³/mol. The van der Waals surface area contributed by atoms with E-state index in [9.17, 15) is 9.59 Å². The van der Waals surface area contributed by atoms with Gasteiger partial charge >= 0.3 is 5.97 Å². The third-order valence-electron chi connectivity index (χ3n) is 6.51. The highest BCUT2D eigenvalue weighted by Crippen LogP contribution is 2.48. The first-order valence-electron chi connectivity index (χ1n) is 12.0. The maximum Gasteiger partial charge on any atom is 0.336 e.